The summed E-state index contributed by atoms with van der Waals surface area (Å²) in [6.07, 6.45) is 2.14. The van der Waals surface area contributed by atoms with Gasteiger partial charge in [-0.3, -0.25) is 4.79 Å². The van der Waals surface area contributed by atoms with Crippen LogP contribution in [0, 0.1) is 5.92 Å². The van der Waals surface area contributed by atoms with Crippen molar-refractivity contribution in [2.45, 2.75) is 19.8 Å². The van der Waals surface area contributed by atoms with Crippen LogP contribution in [0.3, 0.4) is 0 Å². The molecule has 0 aromatic rings. The van der Waals surface area contributed by atoms with E-state index in [0.717, 1.165) is 25.9 Å². The fourth-order valence-electron chi connectivity index (χ4n) is 1.45. The van der Waals surface area contributed by atoms with Gasteiger partial charge in [-0.05, 0) is 26.3 Å². The second kappa shape index (κ2) is 5.27. The third kappa shape index (κ3) is 2.91. The minimum Gasteiger partial charge on any atom is -0.374 e. The van der Waals surface area contributed by atoms with Crippen LogP contribution in [0.15, 0.2) is 0 Å². The second-order valence-corrected chi connectivity index (χ2v) is 3.15. The average molecular weight is 171 g/mol. The molecule has 1 unspecified atom stereocenters. The van der Waals surface area contributed by atoms with Crippen LogP contribution in [0.1, 0.15) is 19.8 Å². The summed E-state index contributed by atoms with van der Waals surface area (Å²) in [5.41, 5.74) is 0. The number of piperidine rings is 1. The van der Waals surface area contributed by atoms with Gasteiger partial charge < -0.3 is 10.1 Å². The quantitative estimate of drug-likeness (QED) is 0.673. The molecule has 3 heteroatoms. The SMILES string of the molecule is CCOCC(=O)C1CCCNC1. The molecule has 1 aliphatic heterocycles. The molecule has 1 fully saturated rings. The number of hydrogen-bond donors (Lipinski definition) is 1. The number of rotatable bonds is 4. The van der Waals surface area contributed by atoms with Crippen LogP contribution in [0.4, 0.5) is 0 Å². The molecule has 1 atom stereocenters. The second-order valence-electron chi connectivity index (χ2n) is 3.15. The highest BCUT2D eigenvalue weighted by Gasteiger charge is 2.20. The molecule has 12 heavy (non-hydrogen) atoms. The number of carbonyl (C=O) groups is 1. The van der Waals surface area contributed by atoms with Crippen molar-refractivity contribution in [3.8, 4) is 0 Å². The van der Waals surface area contributed by atoms with Crippen LogP contribution in [0.2, 0.25) is 0 Å². The topological polar surface area (TPSA) is 38.3 Å². The fraction of sp³-hybridized carbons (Fsp3) is 0.889. The average Bonchev–Trinajstić information content (AvgIpc) is 2.15. The first-order valence-corrected chi connectivity index (χ1v) is 4.65. The predicted molar refractivity (Wildman–Crippen MR) is 47.1 cm³/mol. The van der Waals surface area contributed by atoms with Crippen LogP contribution in [0.5, 0.6) is 0 Å². The molecule has 1 heterocycles. The van der Waals surface area contributed by atoms with Crippen molar-refractivity contribution in [2.75, 3.05) is 26.3 Å². The zero-order chi connectivity index (χ0) is 8.81. The van der Waals surface area contributed by atoms with Crippen LogP contribution >= 0.6 is 0 Å². The summed E-state index contributed by atoms with van der Waals surface area (Å²) >= 11 is 0. The zero-order valence-electron chi connectivity index (χ0n) is 7.64. The lowest BCUT2D eigenvalue weighted by Gasteiger charge is -2.21. The largest absolute Gasteiger partial charge is 0.374 e. The number of nitrogens with one attached hydrogen (secondary N) is 1. The Kier molecular flexibility index (Phi) is 4.25. The number of ether oxygens (including phenoxy) is 1. The maximum atomic E-state index is 11.4. The summed E-state index contributed by atoms with van der Waals surface area (Å²) < 4.78 is 5.07. The van der Waals surface area contributed by atoms with Crippen LogP contribution in [-0.2, 0) is 9.53 Å². The Labute approximate surface area is 73.5 Å². The van der Waals surface area contributed by atoms with E-state index in [1.807, 2.05) is 6.92 Å². The molecule has 0 bridgehead atoms. The molecular weight excluding hydrogens is 154 g/mol. The molecule has 0 amide bonds. The van der Waals surface area contributed by atoms with Crippen molar-refractivity contribution in [1.82, 2.24) is 5.32 Å². The van der Waals surface area contributed by atoms with E-state index in [2.05, 4.69) is 5.32 Å². The number of ketones is 1. The van der Waals surface area contributed by atoms with Gasteiger partial charge in [-0.25, -0.2) is 0 Å². The maximum absolute atomic E-state index is 11.4. The van der Waals surface area contributed by atoms with E-state index in [0.29, 0.717) is 13.2 Å². The minimum absolute atomic E-state index is 0.199. The molecule has 0 aromatic carbocycles. The number of hydrogen-bond acceptors (Lipinski definition) is 3. The van der Waals surface area contributed by atoms with E-state index >= 15 is 0 Å². The Morgan fingerprint density at radius 1 is 1.67 bits per heavy atom. The highest BCUT2D eigenvalue weighted by molar-refractivity contribution is 5.82. The molecular formula is C9H17NO2. The first-order chi connectivity index (χ1) is 5.84. The molecule has 1 saturated heterocycles. The van der Waals surface area contributed by atoms with Crippen LogP contribution in [0.25, 0.3) is 0 Å². The molecule has 1 N–H and O–H groups in total. The van der Waals surface area contributed by atoms with Gasteiger partial charge in [0.1, 0.15) is 6.61 Å². The zero-order valence-corrected chi connectivity index (χ0v) is 7.64. The molecule has 1 aliphatic rings. The van der Waals surface area contributed by atoms with Crippen molar-refractivity contribution in [1.29, 1.82) is 0 Å². The van der Waals surface area contributed by atoms with E-state index in [-0.39, 0.29) is 11.7 Å². The van der Waals surface area contributed by atoms with E-state index in [1.54, 1.807) is 0 Å². The van der Waals surface area contributed by atoms with E-state index < -0.39 is 0 Å². The van der Waals surface area contributed by atoms with Gasteiger partial charge in [-0.2, -0.15) is 0 Å². The van der Waals surface area contributed by atoms with Gasteiger partial charge in [0.2, 0.25) is 0 Å². The highest BCUT2D eigenvalue weighted by atomic mass is 16.5. The number of Topliss-reactive ketones (excluding diaryl/α,β-unsaturated/α-hetero) is 1. The van der Waals surface area contributed by atoms with Gasteiger partial charge >= 0.3 is 0 Å². The number of carbonyl (C=O) groups excluding carboxylic acids is 1. The maximum Gasteiger partial charge on any atom is 0.162 e. The smallest absolute Gasteiger partial charge is 0.162 e. The summed E-state index contributed by atoms with van der Waals surface area (Å²) in [6.45, 7) is 4.73. The first kappa shape index (κ1) is 9.68. The lowest BCUT2D eigenvalue weighted by Crippen LogP contribution is -2.36. The lowest BCUT2D eigenvalue weighted by atomic mass is 9.95. The Morgan fingerprint density at radius 3 is 3.08 bits per heavy atom. The predicted octanol–water partition coefficient (Wildman–Crippen LogP) is 0.592. The van der Waals surface area contributed by atoms with Crippen LogP contribution in [-0.4, -0.2) is 32.1 Å². The van der Waals surface area contributed by atoms with E-state index in [4.69, 9.17) is 4.74 Å². The fourth-order valence-corrected chi connectivity index (χ4v) is 1.45. The molecule has 1 rings (SSSR count). The molecule has 0 spiro atoms. The van der Waals surface area contributed by atoms with E-state index in [1.165, 1.54) is 0 Å². The first-order valence-electron chi connectivity index (χ1n) is 4.65. The van der Waals surface area contributed by atoms with Crippen molar-refractivity contribution in [3.05, 3.63) is 0 Å². The summed E-state index contributed by atoms with van der Waals surface area (Å²) in [5.74, 6) is 0.453. The van der Waals surface area contributed by atoms with Crippen molar-refractivity contribution >= 4 is 5.78 Å². The molecule has 0 aliphatic carbocycles. The van der Waals surface area contributed by atoms with Crippen molar-refractivity contribution in [3.63, 3.8) is 0 Å². The normalized spacial score (nSPS) is 23.9. The molecule has 0 aromatic heterocycles. The molecule has 3 nitrogen and oxygen atoms in total. The van der Waals surface area contributed by atoms with Crippen LogP contribution < -0.4 is 5.32 Å². The molecule has 70 valence electrons. The Bertz CT molecular complexity index is 141. The van der Waals surface area contributed by atoms with Gasteiger partial charge in [-0.1, -0.05) is 0 Å². The van der Waals surface area contributed by atoms with Gasteiger partial charge in [0.15, 0.2) is 5.78 Å². The molecule has 0 saturated carbocycles. The standard InChI is InChI=1S/C9H17NO2/c1-2-12-7-9(11)8-4-3-5-10-6-8/h8,10H,2-7H2,1H3. The summed E-state index contributed by atoms with van der Waals surface area (Å²) in [5, 5.41) is 3.22. The van der Waals surface area contributed by atoms with Gasteiger partial charge in [0.05, 0.1) is 0 Å². The summed E-state index contributed by atoms with van der Waals surface area (Å²) in [7, 11) is 0. The summed E-state index contributed by atoms with van der Waals surface area (Å²) in [4.78, 5) is 11.4. The Morgan fingerprint density at radius 2 is 2.50 bits per heavy atom. The molecule has 0 radical (unpaired) electrons. The Hall–Kier alpha value is -0.410. The third-order valence-electron chi connectivity index (χ3n) is 2.20. The van der Waals surface area contributed by atoms with Crippen molar-refractivity contribution < 1.29 is 9.53 Å². The Balaban J connectivity index is 2.20. The van der Waals surface area contributed by atoms with E-state index in [9.17, 15) is 4.79 Å². The minimum atomic E-state index is 0.199. The summed E-state index contributed by atoms with van der Waals surface area (Å²) in [6, 6.07) is 0. The van der Waals surface area contributed by atoms with Gasteiger partial charge in [-0.15, -0.1) is 0 Å². The third-order valence-corrected chi connectivity index (χ3v) is 2.20. The lowest BCUT2D eigenvalue weighted by molar-refractivity contribution is -0.127. The van der Waals surface area contributed by atoms with Crippen molar-refractivity contribution in [2.24, 2.45) is 5.92 Å². The van der Waals surface area contributed by atoms with Gasteiger partial charge in [0, 0.05) is 19.1 Å². The van der Waals surface area contributed by atoms with Gasteiger partial charge in [0.25, 0.3) is 0 Å². The highest BCUT2D eigenvalue weighted by Crippen LogP contribution is 2.10. The monoisotopic (exact) mass is 171 g/mol.